The molecule has 0 aliphatic carbocycles. The summed E-state index contributed by atoms with van der Waals surface area (Å²) in [5.74, 6) is -0.844. The highest BCUT2D eigenvalue weighted by atomic mass is 35.5. The average molecular weight is 338 g/mol. The average Bonchev–Trinajstić information content (AvgIpc) is 2.91. The van der Waals surface area contributed by atoms with Crippen LogP contribution in [0.2, 0.25) is 5.02 Å². The predicted octanol–water partition coefficient (Wildman–Crippen LogP) is 3.74. The molecule has 1 aromatic heterocycles. The van der Waals surface area contributed by atoms with Crippen LogP contribution in [-0.4, -0.2) is 18.5 Å². The van der Waals surface area contributed by atoms with Crippen molar-refractivity contribution >= 4 is 34.8 Å². The predicted molar refractivity (Wildman–Crippen MR) is 87.3 cm³/mol. The van der Waals surface area contributed by atoms with Crippen molar-refractivity contribution in [2.75, 3.05) is 6.61 Å². The number of carbonyl (C=O) groups is 2. The second-order valence-corrected chi connectivity index (χ2v) is 6.14. The van der Waals surface area contributed by atoms with E-state index in [2.05, 4.69) is 5.32 Å². The van der Waals surface area contributed by atoms with Gasteiger partial charge in [0, 0.05) is 5.02 Å². The Hall–Kier alpha value is -1.85. The Labute approximate surface area is 138 Å². The molecule has 0 bridgehead atoms. The van der Waals surface area contributed by atoms with Crippen LogP contribution in [0.25, 0.3) is 0 Å². The topological polar surface area (TPSA) is 55.4 Å². The van der Waals surface area contributed by atoms with Crippen molar-refractivity contribution in [2.24, 2.45) is 0 Å². The molecule has 1 heterocycles. The van der Waals surface area contributed by atoms with Crippen LogP contribution < -0.4 is 5.32 Å². The van der Waals surface area contributed by atoms with Crippen LogP contribution >= 0.6 is 22.9 Å². The fourth-order valence-electron chi connectivity index (χ4n) is 1.97. The Morgan fingerprint density at radius 3 is 2.68 bits per heavy atom. The maximum atomic E-state index is 11.9. The first-order chi connectivity index (χ1) is 10.5. The van der Waals surface area contributed by atoms with Gasteiger partial charge in [-0.15, -0.1) is 11.3 Å². The van der Waals surface area contributed by atoms with Crippen molar-refractivity contribution in [1.82, 2.24) is 5.32 Å². The minimum absolute atomic E-state index is 0.261. The van der Waals surface area contributed by atoms with Gasteiger partial charge in [-0.3, -0.25) is 4.79 Å². The first-order valence-electron chi connectivity index (χ1n) is 6.74. The summed E-state index contributed by atoms with van der Waals surface area (Å²) in [7, 11) is 0. The van der Waals surface area contributed by atoms with Gasteiger partial charge in [0.15, 0.2) is 6.61 Å². The lowest BCUT2D eigenvalue weighted by Gasteiger charge is -2.15. The molecule has 2 rings (SSSR count). The van der Waals surface area contributed by atoms with E-state index < -0.39 is 5.97 Å². The van der Waals surface area contributed by atoms with Gasteiger partial charge in [0.25, 0.3) is 5.91 Å². The van der Waals surface area contributed by atoms with Gasteiger partial charge in [0.1, 0.15) is 4.88 Å². The van der Waals surface area contributed by atoms with Gasteiger partial charge in [-0.25, -0.2) is 4.79 Å². The summed E-state index contributed by atoms with van der Waals surface area (Å²) in [6.45, 7) is 3.34. The molecular weight excluding hydrogens is 322 g/mol. The van der Waals surface area contributed by atoms with Crippen LogP contribution in [0.5, 0.6) is 0 Å². The molecule has 6 heteroatoms. The van der Waals surface area contributed by atoms with Gasteiger partial charge in [0.05, 0.1) is 6.04 Å². The van der Waals surface area contributed by atoms with Gasteiger partial charge >= 0.3 is 5.97 Å². The summed E-state index contributed by atoms with van der Waals surface area (Å²) in [5, 5.41) is 5.15. The van der Waals surface area contributed by atoms with Crippen molar-refractivity contribution in [3.8, 4) is 0 Å². The summed E-state index contributed by atoms with van der Waals surface area (Å²) < 4.78 is 5.02. The molecule has 1 aromatic carbocycles. The molecule has 2 aromatic rings. The number of amides is 1. The number of esters is 1. The molecule has 0 fully saturated rings. The molecule has 1 amide bonds. The molecule has 1 N–H and O–H groups in total. The van der Waals surface area contributed by atoms with Gasteiger partial charge in [-0.2, -0.15) is 0 Å². The smallest absolute Gasteiger partial charge is 0.349 e. The first-order valence-corrected chi connectivity index (χ1v) is 8.00. The van der Waals surface area contributed by atoms with Crippen LogP contribution in [0.15, 0.2) is 35.7 Å². The Bertz CT molecular complexity index is 684. The Morgan fingerprint density at radius 2 is 2.05 bits per heavy atom. The zero-order valence-corrected chi connectivity index (χ0v) is 13.8. The number of benzene rings is 1. The number of nitrogens with one attached hydrogen (secondary N) is 1. The zero-order chi connectivity index (χ0) is 16.1. The maximum absolute atomic E-state index is 11.9. The van der Waals surface area contributed by atoms with E-state index in [9.17, 15) is 9.59 Å². The summed E-state index contributed by atoms with van der Waals surface area (Å²) >= 11 is 7.38. The molecule has 4 nitrogen and oxygen atoms in total. The molecule has 0 unspecified atom stereocenters. The standard InChI is InChI=1S/C16H16ClNO3S/c1-10-7-8-22-15(10)16(20)21-9-14(19)18-11(2)12-5-3-4-6-13(12)17/h3-8,11H,9H2,1-2H3,(H,18,19)/t11-/m1/s1. The number of carbonyl (C=O) groups excluding carboxylic acids is 2. The zero-order valence-electron chi connectivity index (χ0n) is 12.3. The Balaban J connectivity index is 1.87. The monoisotopic (exact) mass is 337 g/mol. The number of hydrogen-bond acceptors (Lipinski definition) is 4. The van der Waals surface area contributed by atoms with E-state index in [1.54, 1.807) is 6.07 Å². The maximum Gasteiger partial charge on any atom is 0.349 e. The van der Waals surface area contributed by atoms with E-state index in [0.29, 0.717) is 9.90 Å². The van der Waals surface area contributed by atoms with Crippen LogP contribution in [0.1, 0.15) is 33.8 Å². The van der Waals surface area contributed by atoms with Crippen LogP contribution in [-0.2, 0) is 9.53 Å². The number of ether oxygens (including phenoxy) is 1. The molecule has 0 saturated heterocycles. The SMILES string of the molecule is Cc1ccsc1C(=O)OCC(=O)N[C@H](C)c1ccccc1Cl. The van der Waals surface area contributed by atoms with E-state index >= 15 is 0 Å². The van der Waals surface area contributed by atoms with Crippen LogP contribution in [0.4, 0.5) is 0 Å². The minimum Gasteiger partial charge on any atom is -0.451 e. The summed E-state index contributed by atoms with van der Waals surface area (Å²) in [6, 6.07) is 8.85. The number of thiophene rings is 1. The van der Waals surface area contributed by atoms with Gasteiger partial charge in [-0.1, -0.05) is 29.8 Å². The molecular formula is C16H16ClNO3S. The molecule has 0 aliphatic heterocycles. The molecule has 1 atom stereocenters. The van der Waals surface area contributed by atoms with Gasteiger partial charge < -0.3 is 10.1 Å². The Kier molecular flexibility index (Phi) is 5.57. The number of hydrogen-bond donors (Lipinski definition) is 1. The molecule has 0 saturated carbocycles. The highest BCUT2D eigenvalue weighted by Gasteiger charge is 2.16. The lowest BCUT2D eigenvalue weighted by Crippen LogP contribution is -2.31. The third-order valence-corrected chi connectivity index (χ3v) is 4.47. The summed E-state index contributed by atoms with van der Waals surface area (Å²) in [6.07, 6.45) is 0. The molecule has 116 valence electrons. The fraction of sp³-hybridized carbons (Fsp3) is 0.250. The largest absolute Gasteiger partial charge is 0.451 e. The van der Waals surface area contributed by atoms with Crippen LogP contribution in [0, 0.1) is 6.92 Å². The highest BCUT2D eigenvalue weighted by molar-refractivity contribution is 7.12. The first kappa shape index (κ1) is 16.5. The van der Waals surface area contributed by atoms with Crippen LogP contribution in [0.3, 0.4) is 0 Å². The summed E-state index contributed by atoms with van der Waals surface area (Å²) in [5.41, 5.74) is 1.66. The van der Waals surface area contributed by atoms with Crippen molar-refractivity contribution in [3.63, 3.8) is 0 Å². The Morgan fingerprint density at radius 1 is 1.32 bits per heavy atom. The van der Waals surface area contributed by atoms with Crippen molar-refractivity contribution in [1.29, 1.82) is 0 Å². The molecule has 0 radical (unpaired) electrons. The highest BCUT2D eigenvalue weighted by Crippen LogP contribution is 2.22. The normalized spacial score (nSPS) is 11.8. The van der Waals surface area contributed by atoms with E-state index in [0.717, 1.165) is 11.1 Å². The van der Waals surface area contributed by atoms with Gasteiger partial charge in [-0.05, 0) is 42.5 Å². The third kappa shape index (κ3) is 4.08. The van der Waals surface area contributed by atoms with E-state index in [4.69, 9.17) is 16.3 Å². The molecule has 22 heavy (non-hydrogen) atoms. The fourth-order valence-corrected chi connectivity index (χ4v) is 3.08. The number of aryl methyl sites for hydroxylation is 1. The van der Waals surface area contributed by atoms with E-state index in [1.807, 2.05) is 43.5 Å². The molecule has 0 aliphatic rings. The number of rotatable bonds is 5. The van der Waals surface area contributed by atoms with Gasteiger partial charge in [0.2, 0.25) is 0 Å². The van der Waals surface area contributed by atoms with Crippen molar-refractivity contribution in [2.45, 2.75) is 19.9 Å². The van der Waals surface area contributed by atoms with E-state index in [-0.39, 0.29) is 18.6 Å². The van der Waals surface area contributed by atoms with Crippen molar-refractivity contribution < 1.29 is 14.3 Å². The lowest BCUT2D eigenvalue weighted by atomic mass is 10.1. The molecule has 0 spiro atoms. The number of halogens is 1. The minimum atomic E-state index is -0.479. The second-order valence-electron chi connectivity index (χ2n) is 4.82. The third-order valence-electron chi connectivity index (χ3n) is 3.13. The second kappa shape index (κ2) is 7.42. The quantitative estimate of drug-likeness (QED) is 0.845. The van der Waals surface area contributed by atoms with Crippen molar-refractivity contribution in [3.05, 3.63) is 56.7 Å². The lowest BCUT2D eigenvalue weighted by molar-refractivity contribution is -0.124. The van der Waals surface area contributed by atoms with E-state index in [1.165, 1.54) is 11.3 Å². The summed E-state index contributed by atoms with van der Waals surface area (Å²) in [4.78, 5) is 24.2.